The van der Waals surface area contributed by atoms with Crippen LogP contribution in [0.5, 0.6) is 0 Å². The Morgan fingerprint density at radius 2 is 2.07 bits per heavy atom. The summed E-state index contributed by atoms with van der Waals surface area (Å²) in [5.74, 6) is -0.508. The van der Waals surface area contributed by atoms with Gasteiger partial charge in [-0.1, -0.05) is 36.4 Å². The minimum absolute atomic E-state index is 0.190. The van der Waals surface area contributed by atoms with Crippen molar-refractivity contribution in [2.24, 2.45) is 5.92 Å². The molecule has 0 aromatic heterocycles. The van der Waals surface area contributed by atoms with Crippen LogP contribution in [0.2, 0.25) is 0 Å². The van der Waals surface area contributed by atoms with Gasteiger partial charge >= 0.3 is 0 Å². The summed E-state index contributed by atoms with van der Waals surface area (Å²) < 4.78 is 0. The number of carbonyl (C=O) groups is 1. The van der Waals surface area contributed by atoms with Crippen LogP contribution in [0.25, 0.3) is 5.57 Å². The van der Waals surface area contributed by atoms with Crippen LogP contribution in [0, 0.1) is 5.92 Å². The smallest absolute Gasteiger partial charge is 0.250 e. The van der Waals surface area contributed by atoms with Crippen molar-refractivity contribution in [2.45, 2.75) is 12.8 Å². The molecular formula is C12H13NO2. The lowest BCUT2D eigenvalue weighted by Gasteiger charge is -2.01. The molecule has 1 aromatic rings. The Hall–Kier alpha value is -1.61. The number of carbonyl (C=O) groups excluding carboxylic acids is 1. The summed E-state index contributed by atoms with van der Waals surface area (Å²) in [7, 11) is 0. The van der Waals surface area contributed by atoms with Crippen LogP contribution in [-0.4, -0.2) is 11.1 Å². The van der Waals surface area contributed by atoms with E-state index in [9.17, 15) is 4.79 Å². The van der Waals surface area contributed by atoms with Crippen LogP contribution in [0.3, 0.4) is 0 Å². The summed E-state index contributed by atoms with van der Waals surface area (Å²) in [4.78, 5) is 11.2. The Morgan fingerprint density at radius 3 is 2.73 bits per heavy atom. The van der Waals surface area contributed by atoms with Crippen LogP contribution >= 0.6 is 0 Å². The first kappa shape index (κ1) is 9.93. The molecule has 15 heavy (non-hydrogen) atoms. The molecule has 0 radical (unpaired) electrons. The lowest BCUT2D eigenvalue weighted by atomic mass is 10.1. The molecule has 3 nitrogen and oxygen atoms in total. The van der Waals surface area contributed by atoms with Gasteiger partial charge in [-0.15, -0.1) is 0 Å². The van der Waals surface area contributed by atoms with Gasteiger partial charge in [0.1, 0.15) is 0 Å². The molecule has 1 atom stereocenters. The summed E-state index contributed by atoms with van der Waals surface area (Å²) in [6.07, 6.45) is 3.60. The fourth-order valence-corrected chi connectivity index (χ4v) is 1.90. The van der Waals surface area contributed by atoms with Crippen molar-refractivity contribution in [1.29, 1.82) is 0 Å². The highest BCUT2D eigenvalue weighted by atomic mass is 16.5. The van der Waals surface area contributed by atoms with Crippen LogP contribution < -0.4 is 5.48 Å². The zero-order chi connectivity index (χ0) is 10.7. The monoisotopic (exact) mass is 203 g/mol. The zero-order valence-corrected chi connectivity index (χ0v) is 8.31. The second-order valence-corrected chi connectivity index (χ2v) is 3.68. The molecule has 0 saturated heterocycles. The first-order valence-corrected chi connectivity index (χ1v) is 5.01. The summed E-state index contributed by atoms with van der Waals surface area (Å²) in [6.45, 7) is 0. The molecule has 1 aromatic carbocycles. The van der Waals surface area contributed by atoms with E-state index in [0.717, 1.165) is 18.4 Å². The first-order chi connectivity index (χ1) is 7.31. The Balaban J connectivity index is 2.17. The van der Waals surface area contributed by atoms with Gasteiger partial charge in [0, 0.05) is 0 Å². The molecule has 1 aliphatic rings. The lowest BCUT2D eigenvalue weighted by molar-refractivity contribution is -0.131. The number of hydroxylamine groups is 1. The van der Waals surface area contributed by atoms with Crippen molar-refractivity contribution in [3.63, 3.8) is 0 Å². The second-order valence-electron chi connectivity index (χ2n) is 3.68. The molecule has 3 heteroatoms. The molecule has 1 amide bonds. The zero-order valence-electron chi connectivity index (χ0n) is 8.31. The van der Waals surface area contributed by atoms with Gasteiger partial charge in [-0.2, -0.15) is 0 Å². The number of amides is 1. The highest BCUT2D eigenvalue weighted by molar-refractivity contribution is 5.84. The van der Waals surface area contributed by atoms with Crippen molar-refractivity contribution in [3.8, 4) is 0 Å². The molecule has 2 N–H and O–H groups in total. The molecule has 0 aliphatic heterocycles. The predicted molar refractivity (Wildman–Crippen MR) is 57.1 cm³/mol. The molecule has 0 bridgehead atoms. The Morgan fingerprint density at radius 1 is 1.33 bits per heavy atom. The maximum absolute atomic E-state index is 11.2. The van der Waals surface area contributed by atoms with E-state index in [1.807, 2.05) is 36.4 Å². The van der Waals surface area contributed by atoms with Crippen molar-refractivity contribution in [1.82, 2.24) is 5.48 Å². The topological polar surface area (TPSA) is 49.3 Å². The minimum Gasteiger partial charge on any atom is -0.289 e. The maximum atomic E-state index is 11.2. The Labute approximate surface area is 88.4 Å². The van der Waals surface area contributed by atoms with Gasteiger partial charge in [0.25, 0.3) is 0 Å². The van der Waals surface area contributed by atoms with Gasteiger partial charge in [-0.05, 0) is 24.0 Å². The largest absolute Gasteiger partial charge is 0.289 e. The minimum atomic E-state index is -0.319. The summed E-state index contributed by atoms with van der Waals surface area (Å²) >= 11 is 0. The predicted octanol–water partition coefficient (Wildman–Crippen LogP) is 1.99. The van der Waals surface area contributed by atoms with E-state index in [-0.39, 0.29) is 11.8 Å². The molecule has 0 heterocycles. The van der Waals surface area contributed by atoms with Gasteiger partial charge in [0.05, 0.1) is 5.92 Å². The van der Waals surface area contributed by atoms with E-state index in [0.29, 0.717) is 0 Å². The number of rotatable bonds is 2. The molecule has 1 unspecified atom stereocenters. The summed E-state index contributed by atoms with van der Waals surface area (Å²) in [5, 5.41) is 8.52. The van der Waals surface area contributed by atoms with Gasteiger partial charge in [-0.3, -0.25) is 10.0 Å². The normalized spacial score (nSPS) is 19.8. The summed E-state index contributed by atoms with van der Waals surface area (Å²) in [6, 6.07) is 10.00. The first-order valence-electron chi connectivity index (χ1n) is 5.01. The molecule has 0 saturated carbocycles. The van der Waals surface area contributed by atoms with E-state index in [2.05, 4.69) is 0 Å². The van der Waals surface area contributed by atoms with E-state index < -0.39 is 0 Å². The van der Waals surface area contributed by atoms with Gasteiger partial charge < -0.3 is 0 Å². The summed E-state index contributed by atoms with van der Waals surface area (Å²) in [5.41, 5.74) is 4.04. The lowest BCUT2D eigenvalue weighted by Crippen LogP contribution is -2.25. The van der Waals surface area contributed by atoms with Crippen LogP contribution in [0.1, 0.15) is 18.4 Å². The fraction of sp³-hybridized carbons (Fsp3) is 0.250. The van der Waals surface area contributed by atoms with Crippen molar-refractivity contribution in [2.75, 3.05) is 0 Å². The quantitative estimate of drug-likeness (QED) is 0.570. The molecule has 0 spiro atoms. The number of hydrogen-bond donors (Lipinski definition) is 2. The van der Waals surface area contributed by atoms with Crippen molar-refractivity contribution < 1.29 is 10.0 Å². The number of benzene rings is 1. The van der Waals surface area contributed by atoms with E-state index in [1.165, 1.54) is 5.57 Å². The van der Waals surface area contributed by atoms with Gasteiger partial charge in [0.15, 0.2) is 0 Å². The average Bonchev–Trinajstić information content (AvgIpc) is 2.78. The number of nitrogens with one attached hydrogen (secondary N) is 1. The highest BCUT2D eigenvalue weighted by Gasteiger charge is 2.22. The van der Waals surface area contributed by atoms with E-state index in [1.54, 1.807) is 5.48 Å². The fourth-order valence-electron chi connectivity index (χ4n) is 1.90. The molecule has 1 aliphatic carbocycles. The molecular weight excluding hydrogens is 190 g/mol. The Bertz CT molecular complexity index is 384. The molecule has 0 fully saturated rings. The van der Waals surface area contributed by atoms with Gasteiger partial charge in [-0.25, -0.2) is 5.48 Å². The van der Waals surface area contributed by atoms with Crippen LogP contribution in [0.4, 0.5) is 0 Å². The Kier molecular flexibility index (Phi) is 2.83. The number of hydrogen-bond acceptors (Lipinski definition) is 2. The van der Waals surface area contributed by atoms with E-state index in [4.69, 9.17) is 5.21 Å². The van der Waals surface area contributed by atoms with Crippen molar-refractivity contribution >= 4 is 11.5 Å². The van der Waals surface area contributed by atoms with Crippen LogP contribution in [0.15, 0.2) is 36.4 Å². The second kappa shape index (κ2) is 4.28. The third-order valence-electron chi connectivity index (χ3n) is 2.72. The third kappa shape index (κ3) is 2.07. The molecule has 78 valence electrons. The highest BCUT2D eigenvalue weighted by Crippen LogP contribution is 2.31. The van der Waals surface area contributed by atoms with Gasteiger partial charge in [0.2, 0.25) is 5.91 Å². The standard InChI is InChI=1S/C12H13NO2/c14-12(13-15)11-7-6-10(8-11)9-4-2-1-3-5-9/h1-5,8,11,15H,6-7H2,(H,13,14). The van der Waals surface area contributed by atoms with Crippen LogP contribution in [-0.2, 0) is 4.79 Å². The third-order valence-corrected chi connectivity index (χ3v) is 2.72. The molecule has 2 rings (SSSR count). The maximum Gasteiger partial charge on any atom is 0.250 e. The number of allylic oxidation sites excluding steroid dienone is 1. The van der Waals surface area contributed by atoms with E-state index >= 15 is 0 Å². The van der Waals surface area contributed by atoms with Crippen molar-refractivity contribution in [3.05, 3.63) is 42.0 Å². The average molecular weight is 203 g/mol. The SMILES string of the molecule is O=C(NO)C1C=C(c2ccccc2)CC1.